The van der Waals surface area contributed by atoms with Crippen molar-refractivity contribution in [3.05, 3.63) is 97.8 Å². The van der Waals surface area contributed by atoms with Gasteiger partial charge in [0.15, 0.2) is 0 Å². The van der Waals surface area contributed by atoms with E-state index < -0.39 is 35.3 Å². The molecule has 3 rings (SSSR count). The maximum atomic E-state index is 13.2. The van der Waals surface area contributed by atoms with E-state index in [9.17, 15) is 23.2 Å². The lowest BCUT2D eigenvalue weighted by Crippen LogP contribution is -2.41. The third kappa shape index (κ3) is 4.52. The van der Waals surface area contributed by atoms with Crippen LogP contribution < -0.4 is 16.6 Å². The molecular formula is C19H14ClF2N3O3. The topological polar surface area (TPSA) is 73.1 Å². The number of halogens is 3. The zero-order chi connectivity index (χ0) is 20.3. The molecule has 1 aromatic heterocycles. The number of rotatable bonds is 5. The summed E-state index contributed by atoms with van der Waals surface area (Å²) in [6, 6.07) is 10.6. The quantitative estimate of drug-likeness (QED) is 0.709. The van der Waals surface area contributed by atoms with Crippen molar-refractivity contribution in [2.75, 3.05) is 5.32 Å². The molecule has 0 aliphatic rings. The molecule has 9 heteroatoms. The molecule has 0 fully saturated rings. The fraction of sp³-hybridized carbons (Fsp3) is 0.105. The third-order valence-corrected chi connectivity index (χ3v) is 4.25. The van der Waals surface area contributed by atoms with E-state index in [1.807, 2.05) is 0 Å². The lowest BCUT2D eigenvalue weighted by atomic mass is 10.2. The second-order valence-electron chi connectivity index (χ2n) is 5.95. The van der Waals surface area contributed by atoms with Gasteiger partial charge in [0.05, 0.1) is 6.54 Å². The average Bonchev–Trinajstić information content (AvgIpc) is 2.62. The molecule has 1 heterocycles. The number of nitrogens with zero attached hydrogens (tertiary/aromatic N) is 2. The Hall–Kier alpha value is -3.26. The summed E-state index contributed by atoms with van der Waals surface area (Å²) in [5.41, 5.74) is -0.854. The first-order chi connectivity index (χ1) is 13.3. The van der Waals surface area contributed by atoms with E-state index in [1.54, 1.807) is 24.3 Å². The first kappa shape index (κ1) is 19.5. The van der Waals surface area contributed by atoms with Crippen molar-refractivity contribution in [2.45, 2.75) is 13.1 Å². The van der Waals surface area contributed by atoms with E-state index >= 15 is 0 Å². The van der Waals surface area contributed by atoms with E-state index in [0.29, 0.717) is 16.7 Å². The summed E-state index contributed by atoms with van der Waals surface area (Å²) in [4.78, 5) is 36.8. The minimum atomic E-state index is -0.866. The largest absolute Gasteiger partial charge is 0.331 e. The van der Waals surface area contributed by atoms with Gasteiger partial charge in [-0.3, -0.25) is 18.7 Å². The number of nitrogens with one attached hydrogen (secondary N) is 1. The Kier molecular flexibility index (Phi) is 5.70. The van der Waals surface area contributed by atoms with Crippen LogP contribution in [0.15, 0.2) is 64.3 Å². The van der Waals surface area contributed by atoms with E-state index in [0.717, 1.165) is 22.8 Å². The van der Waals surface area contributed by atoms with Crippen molar-refractivity contribution in [1.82, 2.24) is 9.13 Å². The third-order valence-electron chi connectivity index (χ3n) is 3.89. The standard InChI is InChI=1S/C19H14ClF2N3O3/c20-16-4-2-1-3-12(16)10-24-6-5-18(27)25(19(24)28)11-17(26)23-15-8-13(21)7-14(22)9-15/h1-9H,10-11H2,(H,23,26). The molecule has 0 unspecified atom stereocenters. The van der Waals surface area contributed by atoms with E-state index in [4.69, 9.17) is 11.6 Å². The lowest BCUT2D eigenvalue weighted by Gasteiger charge is -2.11. The molecule has 0 aliphatic carbocycles. The molecule has 0 atom stereocenters. The van der Waals surface area contributed by atoms with Gasteiger partial charge in [0.2, 0.25) is 5.91 Å². The molecule has 0 bridgehead atoms. The predicted molar refractivity (Wildman–Crippen MR) is 101 cm³/mol. The Morgan fingerprint density at radius 1 is 1.04 bits per heavy atom. The molecule has 0 aliphatic heterocycles. The van der Waals surface area contributed by atoms with Gasteiger partial charge in [-0.25, -0.2) is 13.6 Å². The van der Waals surface area contributed by atoms with Crippen LogP contribution in [0.1, 0.15) is 5.56 Å². The Morgan fingerprint density at radius 2 is 1.71 bits per heavy atom. The first-order valence-corrected chi connectivity index (χ1v) is 8.51. The molecule has 6 nitrogen and oxygen atoms in total. The van der Waals surface area contributed by atoms with Crippen LogP contribution in [-0.4, -0.2) is 15.0 Å². The second kappa shape index (κ2) is 8.18. The van der Waals surface area contributed by atoms with Crippen molar-refractivity contribution in [3.63, 3.8) is 0 Å². The predicted octanol–water partition coefficient (Wildman–Crippen LogP) is 2.63. The van der Waals surface area contributed by atoms with Gasteiger partial charge in [0, 0.05) is 29.0 Å². The van der Waals surface area contributed by atoms with Crippen molar-refractivity contribution in [1.29, 1.82) is 0 Å². The number of hydrogen-bond donors (Lipinski definition) is 1. The van der Waals surface area contributed by atoms with Crippen LogP contribution in [0.4, 0.5) is 14.5 Å². The normalized spacial score (nSPS) is 10.7. The Bertz CT molecular complexity index is 1140. The van der Waals surface area contributed by atoms with Gasteiger partial charge >= 0.3 is 5.69 Å². The van der Waals surface area contributed by atoms with Gasteiger partial charge in [-0.05, 0) is 23.8 Å². The zero-order valence-corrected chi connectivity index (χ0v) is 15.1. The number of carbonyl (C=O) groups excluding carboxylic acids is 1. The molecule has 0 spiro atoms. The summed E-state index contributed by atoms with van der Waals surface area (Å²) in [6.07, 6.45) is 1.31. The van der Waals surface area contributed by atoms with E-state index in [-0.39, 0.29) is 12.2 Å². The monoisotopic (exact) mass is 405 g/mol. The molecule has 144 valence electrons. The van der Waals surface area contributed by atoms with E-state index in [1.165, 1.54) is 10.8 Å². The highest BCUT2D eigenvalue weighted by atomic mass is 35.5. The van der Waals surface area contributed by atoms with Gasteiger partial charge in [-0.15, -0.1) is 0 Å². The fourth-order valence-corrected chi connectivity index (χ4v) is 2.80. The van der Waals surface area contributed by atoms with Gasteiger partial charge in [0.1, 0.15) is 18.2 Å². The maximum Gasteiger partial charge on any atom is 0.331 e. The van der Waals surface area contributed by atoms with Gasteiger partial charge in [-0.2, -0.15) is 0 Å². The van der Waals surface area contributed by atoms with E-state index in [2.05, 4.69) is 5.32 Å². The molecule has 1 amide bonds. The number of amides is 1. The second-order valence-corrected chi connectivity index (χ2v) is 6.36. The average molecular weight is 406 g/mol. The Morgan fingerprint density at radius 3 is 2.39 bits per heavy atom. The smallest absolute Gasteiger partial charge is 0.324 e. The summed E-state index contributed by atoms with van der Waals surface area (Å²) in [6.45, 7) is -0.505. The maximum absolute atomic E-state index is 13.2. The number of carbonyl (C=O) groups is 1. The summed E-state index contributed by atoms with van der Waals surface area (Å²) in [5, 5.41) is 2.71. The first-order valence-electron chi connectivity index (χ1n) is 8.13. The highest BCUT2D eigenvalue weighted by Crippen LogP contribution is 2.15. The number of aromatic nitrogens is 2. The fourth-order valence-electron chi connectivity index (χ4n) is 2.60. The molecule has 1 N–H and O–H groups in total. The van der Waals surface area contributed by atoms with Crippen LogP contribution in [0.2, 0.25) is 5.02 Å². The number of anilines is 1. The Balaban J connectivity index is 1.84. The SMILES string of the molecule is O=C(Cn1c(=O)ccn(Cc2ccccc2Cl)c1=O)Nc1cc(F)cc(F)c1. The van der Waals surface area contributed by atoms with Crippen LogP contribution in [0.5, 0.6) is 0 Å². The van der Waals surface area contributed by atoms with Crippen molar-refractivity contribution >= 4 is 23.2 Å². The number of hydrogen-bond acceptors (Lipinski definition) is 3. The van der Waals surface area contributed by atoms with Crippen LogP contribution in [0.3, 0.4) is 0 Å². The molecular weight excluding hydrogens is 392 g/mol. The van der Waals surface area contributed by atoms with Crippen LogP contribution >= 0.6 is 11.6 Å². The van der Waals surface area contributed by atoms with Crippen LogP contribution in [0, 0.1) is 11.6 Å². The number of benzene rings is 2. The van der Waals surface area contributed by atoms with Crippen molar-refractivity contribution in [3.8, 4) is 0 Å². The molecule has 0 radical (unpaired) electrons. The molecule has 28 heavy (non-hydrogen) atoms. The Labute approximate surface area is 162 Å². The van der Waals surface area contributed by atoms with Gasteiger partial charge < -0.3 is 5.32 Å². The van der Waals surface area contributed by atoms with Crippen molar-refractivity contribution < 1.29 is 13.6 Å². The zero-order valence-electron chi connectivity index (χ0n) is 14.4. The minimum Gasteiger partial charge on any atom is -0.324 e. The molecule has 2 aromatic carbocycles. The van der Waals surface area contributed by atoms with Crippen LogP contribution in [0.25, 0.3) is 0 Å². The van der Waals surface area contributed by atoms with Crippen molar-refractivity contribution in [2.24, 2.45) is 0 Å². The van der Waals surface area contributed by atoms with Crippen LogP contribution in [-0.2, 0) is 17.9 Å². The summed E-state index contributed by atoms with van der Waals surface area (Å²) in [7, 11) is 0. The minimum absolute atomic E-state index is 0.107. The van der Waals surface area contributed by atoms with Gasteiger partial charge in [0.25, 0.3) is 5.56 Å². The lowest BCUT2D eigenvalue weighted by molar-refractivity contribution is -0.116. The summed E-state index contributed by atoms with van der Waals surface area (Å²) in [5.74, 6) is -2.51. The molecule has 0 saturated heterocycles. The summed E-state index contributed by atoms with van der Waals surface area (Å²) < 4.78 is 28.4. The highest BCUT2D eigenvalue weighted by Gasteiger charge is 2.12. The van der Waals surface area contributed by atoms with Gasteiger partial charge in [-0.1, -0.05) is 29.8 Å². The molecule has 0 saturated carbocycles. The highest BCUT2D eigenvalue weighted by molar-refractivity contribution is 6.31. The summed E-state index contributed by atoms with van der Waals surface area (Å²) >= 11 is 6.09. The molecule has 3 aromatic rings.